The monoisotopic (exact) mass is 364 g/mol. The molecule has 0 bridgehead atoms. The van der Waals surface area contributed by atoms with Crippen molar-refractivity contribution in [3.05, 3.63) is 78.3 Å². The number of amidine groups is 2. The predicted molar refractivity (Wildman–Crippen MR) is 103 cm³/mol. The van der Waals surface area contributed by atoms with Crippen LogP contribution >= 0.6 is 0 Å². The van der Waals surface area contributed by atoms with Crippen molar-refractivity contribution < 1.29 is 9.13 Å². The van der Waals surface area contributed by atoms with E-state index in [4.69, 9.17) is 10.1 Å². The first-order valence-electron chi connectivity index (χ1n) is 7.97. The van der Waals surface area contributed by atoms with Crippen molar-refractivity contribution in [2.45, 2.75) is 0 Å². The third-order valence-electron chi connectivity index (χ3n) is 3.62. The smallest absolute Gasteiger partial charge is 0.213 e. The van der Waals surface area contributed by atoms with Gasteiger partial charge in [0.1, 0.15) is 5.69 Å². The number of halogens is 1. The Kier molecular flexibility index (Phi) is 5.36. The first-order valence-corrected chi connectivity index (χ1v) is 7.97. The van der Waals surface area contributed by atoms with Crippen molar-refractivity contribution in [1.29, 1.82) is 5.41 Å². The molecule has 0 fully saturated rings. The van der Waals surface area contributed by atoms with Gasteiger partial charge >= 0.3 is 0 Å². The third-order valence-corrected chi connectivity index (χ3v) is 3.62. The topological polar surface area (TPSA) is 99.0 Å². The second-order valence-electron chi connectivity index (χ2n) is 5.41. The summed E-state index contributed by atoms with van der Waals surface area (Å²) >= 11 is 0. The Morgan fingerprint density at radius 1 is 1.41 bits per heavy atom. The molecule has 3 N–H and O–H groups in total. The number of nitrogens with one attached hydrogen (secondary N) is 3. The maximum atomic E-state index is 14.0. The lowest BCUT2D eigenvalue weighted by Gasteiger charge is -2.10. The highest BCUT2D eigenvalue weighted by Crippen LogP contribution is 2.15. The summed E-state index contributed by atoms with van der Waals surface area (Å²) in [5, 5.41) is 11.2. The van der Waals surface area contributed by atoms with E-state index < -0.39 is 5.82 Å². The Hall–Kier alpha value is -3.81. The molecule has 0 aliphatic heterocycles. The molecule has 7 nitrogen and oxygen atoms in total. The number of aromatic amines is 1. The molecular formula is C19H17FN6O. The van der Waals surface area contributed by atoms with E-state index >= 15 is 0 Å². The molecule has 3 aromatic heterocycles. The average Bonchev–Trinajstić information content (AvgIpc) is 3.18. The van der Waals surface area contributed by atoms with Crippen molar-refractivity contribution in [2.75, 3.05) is 12.4 Å². The van der Waals surface area contributed by atoms with Crippen LogP contribution in [-0.4, -0.2) is 33.7 Å². The highest BCUT2D eigenvalue weighted by molar-refractivity contribution is 6.14. The molecule has 0 unspecified atom stereocenters. The van der Waals surface area contributed by atoms with Crippen LogP contribution in [0.4, 0.5) is 10.1 Å². The van der Waals surface area contributed by atoms with E-state index in [0.29, 0.717) is 17.3 Å². The lowest BCUT2D eigenvalue weighted by molar-refractivity contribution is 0.397. The van der Waals surface area contributed by atoms with Gasteiger partial charge in [0, 0.05) is 18.5 Å². The summed E-state index contributed by atoms with van der Waals surface area (Å²) < 4.78 is 19.1. The number of H-pyrrole nitrogens is 1. The van der Waals surface area contributed by atoms with E-state index in [1.54, 1.807) is 36.5 Å². The van der Waals surface area contributed by atoms with Gasteiger partial charge in [-0.25, -0.2) is 14.4 Å². The van der Waals surface area contributed by atoms with Gasteiger partial charge in [0.05, 0.1) is 24.7 Å². The minimum atomic E-state index is -0.535. The molecule has 0 amide bonds. The quantitative estimate of drug-likeness (QED) is 0.477. The largest absolute Gasteiger partial charge is 0.481 e. The molecular weight excluding hydrogens is 347 g/mol. The Bertz CT molecular complexity index is 1010. The molecule has 8 heteroatoms. The number of methoxy groups -OCH3 is 1. The molecule has 0 atom stereocenters. The molecule has 3 rings (SSSR count). The molecule has 136 valence electrons. The van der Waals surface area contributed by atoms with E-state index in [-0.39, 0.29) is 17.4 Å². The fourth-order valence-corrected chi connectivity index (χ4v) is 2.25. The summed E-state index contributed by atoms with van der Waals surface area (Å²) in [6.07, 6.45) is 5.95. The van der Waals surface area contributed by atoms with Gasteiger partial charge < -0.3 is 15.0 Å². The Labute approximate surface area is 155 Å². The molecule has 0 saturated heterocycles. The number of rotatable bonds is 5. The minimum absolute atomic E-state index is 0.111. The SMILES string of the molecule is C=Cc1c[nH]c(/C(=N\C(=N)c2cccc(OC)n2)Nc2ccncc2F)c1. The summed E-state index contributed by atoms with van der Waals surface area (Å²) in [6, 6.07) is 8.29. The number of hydrogen-bond donors (Lipinski definition) is 3. The third kappa shape index (κ3) is 4.24. The van der Waals surface area contributed by atoms with Crippen LogP contribution in [0.25, 0.3) is 6.08 Å². The lowest BCUT2D eigenvalue weighted by atomic mass is 10.2. The van der Waals surface area contributed by atoms with Gasteiger partial charge in [-0.15, -0.1) is 0 Å². The van der Waals surface area contributed by atoms with Crippen LogP contribution in [0.15, 0.2) is 60.5 Å². The van der Waals surface area contributed by atoms with Crippen LogP contribution in [0.2, 0.25) is 0 Å². The number of hydrogen-bond acceptors (Lipinski definition) is 4. The molecule has 3 heterocycles. The summed E-state index contributed by atoms with van der Waals surface area (Å²) in [7, 11) is 1.49. The number of anilines is 1. The normalized spacial score (nSPS) is 11.1. The molecule has 0 radical (unpaired) electrons. The molecule has 0 aliphatic carbocycles. The van der Waals surface area contributed by atoms with Gasteiger partial charge in [-0.3, -0.25) is 10.4 Å². The van der Waals surface area contributed by atoms with E-state index in [0.717, 1.165) is 11.8 Å². The van der Waals surface area contributed by atoms with Gasteiger partial charge in [0.15, 0.2) is 17.5 Å². The molecule has 0 spiro atoms. The Morgan fingerprint density at radius 2 is 2.26 bits per heavy atom. The van der Waals surface area contributed by atoms with E-state index in [2.05, 4.69) is 31.8 Å². The number of pyridine rings is 2. The molecule has 0 aromatic carbocycles. The van der Waals surface area contributed by atoms with Crippen molar-refractivity contribution >= 4 is 23.4 Å². The number of aliphatic imine (C=N–C) groups is 1. The van der Waals surface area contributed by atoms with Crippen molar-refractivity contribution in [1.82, 2.24) is 15.0 Å². The van der Waals surface area contributed by atoms with Crippen LogP contribution in [0.3, 0.4) is 0 Å². The second kappa shape index (κ2) is 8.05. The number of aromatic nitrogens is 3. The van der Waals surface area contributed by atoms with E-state index in [9.17, 15) is 4.39 Å². The summed E-state index contributed by atoms with van der Waals surface area (Å²) in [6.45, 7) is 3.71. The molecule has 0 saturated carbocycles. The van der Waals surface area contributed by atoms with Gasteiger partial charge in [-0.2, -0.15) is 0 Å². The minimum Gasteiger partial charge on any atom is -0.481 e. The lowest BCUT2D eigenvalue weighted by Crippen LogP contribution is -2.18. The zero-order valence-electron chi connectivity index (χ0n) is 14.5. The summed E-state index contributed by atoms with van der Waals surface area (Å²) in [5.41, 5.74) is 1.90. The first-order chi connectivity index (χ1) is 13.1. The van der Waals surface area contributed by atoms with Crippen LogP contribution < -0.4 is 10.1 Å². The van der Waals surface area contributed by atoms with Gasteiger partial charge in [-0.05, 0) is 23.8 Å². The maximum absolute atomic E-state index is 14.0. The van der Waals surface area contributed by atoms with Crippen molar-refractivity contribution in [3.63, 3.8) is 0 Å². The zero-order valence-corrected chi connectivity index (χ0v) is 14.5. The highest BCUT2D eigenvalue weighted by atomic mass is 19.1. The Morgan fingerprint density at radius 3 is 2.96 bits per heavy atom. The van der Waals surface area contributed by atoms with Crippen LogP contribution in [0, 0.1) is 11.2 Å². The predicted octanol–water partition coefficient (Wildman–Crippen LogP) is 3.48. The number of nitrogens with zero attached hydrogens (tertiary/aromatic N) is 3. The standard InChI is InChI=1S/C19H17FN6O/c1-3-12-9-16(23-10-12)19(25-14-7-8-22-11-13(14)20)26-18(21)15-5-4-6-17(24-15)27-2/h3-11,23H,1H2,2H3,(H2,21,22,25,26). The highest BCUT2D eigenvalue weighted by Gasteiger charge is 2.12. The van der Waals surface area contributed by atoms with Crippen molar-refractivity contribution in [2.24, 2.45) is 4.99 Å². The fourth-order valence-electron chi connectivity index (χ4n) is 2.25. The zero-order chi connectivity index (χ0) is 19.2. The first kappa shape index (κ1) is 18.0. The fraction of sp³-hybridized carbons (Fsp3) is 0.0526. The molecule has 27 heavy (non-hydrogen) atoms. The van der Waals surface area contributed by atoms with Crippen LogP contribution in [0.1, 0.15) is 17.0 Å². The Balaban J connectivity index is 1.99. The second-order valence-corrected chi connectivity index (χ2v) is 5.41. The average molecular weight is 364 g/mol. The molecule has 0 aliphatic rings. The summed E-state index contributed by atoms with van der Waals surface area (Å²) in [5.74, 6) is -0.0221. The maximum Gasteiger partial charge on any atom is 0.213 e. The van der Waals surface area contributed by atoms with Crippen molar-refractivity contribution in [3.8, 4) is 5.88 Å². The van der Waals surface area contributed by atoms with Gasteiger partial charge in [-0.1, -0.05) is 18.7 Å². The van der Waals surface area contributed by atoms with Gasteiger partial charge in [0.25, 0.3) is 0 Å². The van der Waals surface area contributed by atoms with Gasteiger partial charge in [0.2, 0.25) is 5.88 Å². The molecule has 3 aromatic rings. The number of ether oxygens (including phenoxy) is 1. The van der Waals surface area contributed by atoms with Crippen LogP contribution in [0.5, 0.6) is 5.88 Å². The van der Waals surface area contributed by atoms with E-state index in [1.165, 1.54) is 19.4 Å². The van der Waals surface area contributed by atoms with E-state index in [1.807, 2.05) is 0 Å². The van der Waals surface area contributed by atoms with Crippen LogP contribution in [-0.2, 0) is 0 Å². The summed E-state index contributed by atoms with van der Waals surface area (Å²) in [4.78, 5) is 15.2.